The molecule has 0 aliphatic carbocycles. The predicted molar refractivity (Wildman–Crippen MR) is 153 cm³/mol. The van der Waals surface area contributed by atoms with Gasteiger partial charge in [-0.25, -0.2) is 4.79 Å². The molecule has 1 fully saturated rings. The largest absolute Gasteiger partial charge is 0.392 e. The molecule has 0 radical (unpaired) electrons. The van der Waals surface area contributed by atoms with E-state index in [9.17, 15) is 9.90 Å². The molecule has 1 aliphatic rings. The lowest BCUT2D eigenvalue weighted by Crippen LogP contribution is -2.38. The fourth-order valence-electron chi connectivity index (χ4n) is 4.59. The number of aromatic nitrogens is 3. The summed E-state index contributed by atoms with van der Waals surface area (Å²) < 4.78 is 14.9. The number of urea groups is 1. The molecule has 0 bridgehead atoms. The van der Waals surface area contributed by atoms with E-state index < -0.39 is 6.29 Å². The molecule has 9 nitrogen and oxygen atoms in total. The van der Waals surface area contributed by atoms with Gasteiger partial charge in [-0.2, -0.15) is 0 Å². The van der Waals surface area contributed by atoms with Gasteiger partial charge in [0.15, 0.2) is 11.4 Å². The molecule has 1 saturated heterocycles. The summed E-state index contributed by atoms with van der Waals surface area (Å²) in [5.41, 5.74) is 4.33. The number of rotatable bonds is 9. The van der Waals surface area contributed by atoms with Crippen LogP contribution in [0.15, 0.2) is 90.3 Å². The van der Waals surface area contributed by atoms with Gasteiger partial charge < -0.3 is 29.8 Å². The van der Waals surface area contributed by atoms with Crippen molar-refractivity contribution in [3.63, 3.8) is 0 Å². The number of benzene rings is 3. The van der Waals surface area contributed by atoms with Crippen LogP contribution < -0.4 is 10.6 Å². The van der Waals surface area contributed by atoms with Crippen LogP contribution in [0.5, 0.6) is 0 Å². The number of amides is 2. The van der Waals surface area contributed by atoms with Crippen LogP contribution in [0.4, 0.5) is 10.5 Å². The molecule has 3 aromatic carbocycles. The van der Waals surface area contributed by atoms with E-state index in [1.54, 1.807) is 18.1 Å². The standard InChI is InChI=1S/C30H33N5O4S/c1-20-26(18-40-30-34-32-19-35(30)2)38-28(39-27(20)23-13-11-22(17-36)12-14-23)24-9-6-10-25(15-24)33-29(37)31-16-21-7-4-3-5-8-21/h3-15,19-20,26-28,36H,16-18H2,1-2H3,(H2,31,33,37)/t20-,26+,27+,28+/m0/s1. The van der Waals surface area contributed by atoms with Crippen LogP contribution in [-0.4, -0.2) is 37.8 Å². The molecule has 10 heteroatoms. The first-order valence-corrected chi connectivity index (χ1v) is 14.1. The summed E-state index contributed by atoms with van der Waals surface area (Å²) in [4.78, 5) is 12.6. The second-order valence-corrected chi connectivity index (χ2v) is 10.8. The van der Waals surface area contributed by atoms with Crippen LogP contribution in [0.3, 0.4) is 0 Å². The Morgan fingerprint density at radius 2 is 1.80 bits per heavy atom. The van der Waals surface area contributed by atoms with Crippen LogP contribution in [0.2, 0.25) is 0 Å². The maximum atomic E-state index is 12.6. The highest BCUT2D eigenvalue weighted by atomic mass is 32.2. The highest BCUT2D eigenvalue weighted by Gasteiger charge is 2.38. The van der Waals surface area contributed by atoms with Gasteiger partial charge in [0.1, 0.15) is 6.33 Å². The topological polar surface area (TPSA) is 111 Å². The number of hydrogen-bond donors (Lipinski definition) is 3. The Bertz CT molecular complexity index is 1400. The van der Waals surface area contributed by atoms with Gasteiger partial charge in [0.25, 0.3) is 0 Å². The minimum absolute atomic E-state index is 0.0111. The highest BCUT2D eigenvalue weighted by molar-refractivity contribution is 7.99. The molecule has 40 heavy (non-hydrogen) atoms. The SMILES string of the molecule is C[C@H]1[C@@H](CSc2nncn2C)O[C@@H](c2cccc(NC(=O)NCc3ccccc3)c2)O[C@H]1c1ccc(CO)cc1. The Morgan fingerprint density at radius 1 is 1.00 bits per heavy atom. The zero-order valence-corrected chi connectivity index (χ0v) is 23.3. The van der Waals surface area contributed by atoms with Gasteiger partial charge in [-0.15, -0.1) is 10.2 Å². The van der Waals surface area contributed by atoms with E-state index in [-0.39, 0.29) is 30.8 Å². The summed E-state index contributed by atoms with van der Waals surface area (Å²) >= 11 is 1.59. The molecule has 2 heterocycles. The smallest absolute Gasteiger partial charge is 0.319 e. The van der Waals surface area contributed by atoms with E-state index in [2.05, 4.69) is 27.8 Å². The van der Waals surface area contributed by atoms with Crippen LogP contribution in [0, 0.1) is 5.92 Å². The lowest BCUT2D eigenvalue weighted by molar-refractivity contribution is -0.268. The second-order valence-electron chi connectivity index (χ2n) is 9.78. The first-order valence-electron chi connectivity index (χ1n) is 13.2. The lowest BCUT2D eigenvalue weighted by atomic mass is 9.91. The van der Waals surface area contributed by atoms with Crippen molar-refractivity contribution in [3.05, 3.63) is 107 Å². The Labute approximate surface area is 237 Å². The molecule has 1 aliphatic heterocycles. The van der Waals surface area contributed by atoms with E-state index in [1.807, 2.05) is 90.5 Å². The molecule has 5 rings (SSSR count). The van der Waals surface area contributed by atoms with Crippen molar-refractivity contribution in [2.24, 2.45) is 13.0 Å². The number of nitrogens with zero attached hydrogens (tertiary/aromatic N) is 3. The number of aliphatic hydroxyl groups is 1. The summed E-state index contributed by atoms with van der Waals surface area (Å²) in [7, 11) is 1.92. The van der Waals surface area contributed by atoms with E-state index in [1.165, 1.54) is 0 Å². The maximum absolute atomic E-state index is 12.6. The predicted octanol–water partition coefficient (Wildman–Crippen LogP) is 5.21. The van der Waals surface area contributed by atoms with Crippen molar-refractivity contribution in [2.45, 2.75) is 43.7 Å². The van der Waals surface area contributed by atoms with Gasteiger partial charge >= 0.3 is 6.03 Å². The summed E-state index contributed by atoms with van der Waals surface area (Å²) in [6, 6.07) is 24.8. The Morgan fingerprint density at radius 3 is 2.52 bits per heavy atom. The monoisotopic (exact) mass is 559 g/mol. The van der Waals surface area contributed by atoms with Crippen LogP contribution in [0.25, 0.3) is 0 Å². The summed E-state index contributed by atoms with van der Waals surface area (Å²) in [5.74, 6) is 0.709. The van der Waals surface area contributed by atoms with Crippen molar-refractivity contribution < 1.29 is 19.4 Å². The van der Waals surface area contributed by atoms with E-state index in [0.29, 0.717) is 18.0 Å². The number of aliphatic hydroxyl groups excluding tert-OH is 1. The fraction of sp³-hybridized carbons (Fsp3) is 0.300. The number of carbonyl (C=O) groups excluding carboxylic acids is 1. The number of aryl methyl sites for hydroxylation is 1. The average molecular weight is 560 g/mol. The van der Waals surface area contributed by atoms with Gasteiger partial charge in [-0.3, -0.25) is 0 Å². The second kappa shape index (κ2) is 13.1. The quantitative estimate of drug-likeness (QED) is 0.241. The minimum atomic E-state index is -0.641. The molecule has 0 unspecified atom stereocenters. The molecule has 4 atom stereocenters. The van der Waals surface area contributed by atoms with Gasteiger partial charge in [0, 0.05) is 36.5 Å². The molecule has 3 N–H and O–H groups in total. The summed E-state index contributed by atoms with van der Waals surface area (Å²) in [6.45, 7) is 2.54. The van der Waals surface area contributed by atoms with Crippen molar-refractivity contribution in [1.29, 1.82) is 0 Å². The zero-order chi connectivity index (χ0) is 27.9. The third-order valence-electron chi connectivity index (χ3n) is 6.88. The first-order chi connectivity index (χ1) is 19.5. The molecule has 0 spiro atoms. The third kappa shape index (κ3) is 6.89. The van der Waals surface area contributed by atoms with E-state index >= 15 is 0 Å². The van der Waals surface area contributed by atoms with Crippen molar-refractivity contribution in [1.82, 2.24) is 20.1 Å². The van der Waals surface area contributed by atoms with Crippen molar-refractivity contribution >= 4 is 23.5 Å². The number of thioether (sulfide) groups is 1. The third-order valence-corrected chi connectivity index (χ3v) is 8.01. The molecular formula is C30H33N5O4S. The summed E-state index contributed by atoms with van der Waals surface area (Å²) in [5, 5.41) is 24.3. The number of carbonyl (C=O) groups is 1. The van der Waals surface area contributed by atoms with Crippen LogP contribution in [0.1, 0.15) is 41.6 Å². The van der Waals surface area contributed by atoms with Crippen LogP contribution >= 0.6 is 11.8 Å². The van der Waals surface area contributed by atoms with Gasteiger partial charge in [0.05, 0.1) is 18.8 Å². The number of hydrogen-bond acceptors (Lipinski definition) is 7. The molecule has 0 saturated carbocycles. The Kier molecular flexibility index (Phi) is 9.12. The Balaban J connectivity index is 1.32. The van der Waals surface area contributed by atoms with Gasteiger partial charge in [-0.1, -0.05) is 85.4 Å². The molecule has 4 aromatic rings. The lowest BCUT2D eigenvalue weighted by Gasteiger charge is -2.41. The molecule has 208 valence electrons. The molecular weight excluding hydrogens is 526 g/mol. The number of ether oxygens (including phenoxy) is 2. The Hall–Kier alpha value is -3.70. The van der Waals surface area contributed by atoms with E-state index in [4.69, 9.17) is 9.47 Å². The average Bonchev–Trinajstić information content (AvgIpc) is 3.40. The van der Waals surface area contributed by atoms with Crippen molar-refractivity contribution in [3.8, 4) is 0 Å². The van der Waals surface area contributed by atoms with E-state index in [0.717, 1.165) is 27.4 Å². The van der Waals surface area contributed by atoms with Crippen LogP contribution in [-0.2, 0) is 29.7 Å². The maximum Gasteiger partial charge on any atom is 0.319 e. The normalized spacial score (nSPS) is 20.7. The van der Waals surface area contributed by atoms with Gasteiger partial charge in [0.2, 0.25) is 0 Å². The summed E-state index contributed by atoms with van der Waals surface area (Å²) in [6.07, 6.45) is 0.661. The number of nitrogens with one attached hydrogen (secondary N) is 2. The fourth-order valence-corrected chi connectivity index (χ4v) is 5.64. The minimum Gasteiger partial charge on any atom is -0.392 e. The molecule has 1 aromatic heterocycles. The zero-order valence-electron chi connectivity index (χ0n) is 22.4. The highest BCUT2D eigenvalue weighted by Crippen LogP contribution is 2.43. The number of anilines is 1. The molecule has 2 amide bonds. The van der Waals surface area contributed by atoms with Crippen molar-refractivity contribution in [2.75, 3.05) is 11.1 Å². The van der Waals surface area contributed by atoms with Gasteiger partial charge in [-0.05, 0) is 28.8 Å². The first kappa shape index (κ1) is 27.9.